The molecule has 1 heterocycles. The first-order chi connectivity index (χ1) is 6.49. The summed E-state index contributed by atoms with van der Waals surface area (Å²) in [5, 5.41) is 3.23. The highest BCUT2D eigenvalue weighted by Gasteiger charge is 2.36. The molecule has 14 heavy (non-hydrogen) atoms. The summed E-state index contributed by atoms with van der Waals surface area (Å²) in [5.41, 5.74) is -1.62. The SMILES string of the molecule is C=CCn1cc(C=O)c(C(F)(F)F)n1. The summed E-state index contributed by atoms with van der Waals surface area (Å²) >= 11 is 0. The Hall–Kier alpha value is -1.59. The molecule has 0 aromatic carbocycles. The van der Waals surface area contributed by atoms with Gasteiger partial charge in [-0.2, -0.15) is 18.3 Å². The maximum absolute atomic E-state index is 12.2. The average Bonchev–Trinajstić information content (AvgIpc) is 2.47. The summed E-state index contributed by atoms with van der Waals surface area (Å²) in [4.78, 5) is 10.3. The van der Waals surface area contributed by atoms with Crippen LogP contribution in [-0.2, 0) is 12.7 Å². The minimum Gasteiger partial charge on any atom is -0.298 e. The number of halogens is 3. The molecule has 0 aliphatic rings. The summed E-state index contributed by atoms with van der Waals surface area (Å²) in [7, 11) is 0. The largest absolute Gasteiger partial charge is 0.435 e. The van der Waals surface area contributed by atoms with Gasteiger partial charge in [0.2, 0.25) is 0 Å². The van der Waals surface area contributed by atoms with E-state index < -0.39 is 17.4 Å². The maximum Gasteiger partial charge on any atom is 0.435 e. The molecule has 1 rings (SSSR count). The lowest BCUT2D eigenvalue weighted by molar-refractivity contribution is -0.141. The highest BCUT2D eigenvalue weighted by Crippen LogP contribution is 2.29. The molecule has 1 aromatic heterocycles. The van der Waals surface area contributed by atoms with Gasteiger partial charge in [-0.3, -0.25) is 9.48 Å². The van der Waals surface area contributed by atoms with Crippen LogP contribution in [-0.4, -0.2) is 16.1 Å². The molecule has 0 unspecified atom stereocenters. The molecule has 0 saturated heterocycles. The maximum atomic E-state index is 12.2. The molecule has 0 saturated carbocycles. The Bertz CT molecular complexity index is 354. The zero-order chi connectivity index (χ0) is 10.8. The molecule has 6 heteroatoms. The lowest BCUT2D eigenvalue weighted by Gasteiger charge is -2.01. The number of aldehydes is 1. The fraction of sp³-hybridized carbons (Fsp3) is 0.250. The van der Waals surface area contributed by atoms with E-state index in [1.54, 1.807) is 0 Å². The number of aromatic nitrogens is 2. The highest BCUT2D eigenvalue weighted by molar-refractivity contribution is 5.76. The molecule has 3 nitrogen and oxygen atoms in total. The van der Waals surface area contributed by atoms with Crippen LogP contribution in [0.15, 0.2) is 18.9 Å². The van der Waals surface area contributed by atoms with Gasteiger partial charge < -0.3 is 0 Å². The van der Waals surface area contributed by atoms with E-state index >= 15 is 0 Å². The summed E-state index contributed by atoms with van der Waals surface area (Å²) in [6, 6.07) is 0. The van der Waals surface area contributed by atoms with Crippen molar-refractivity contribution in [1.82, 2.24) is 9.78 Å². The lowest BCUT2D eigenvalue weighted by atomic mass is 10.3. The van der Waals surface area contributed by atoms with E-state index in [9.17, 15) is 18.0 Å². The smallest absolute Gasteiger partial charge is 0.298 e. The molecule has 0 bridgehead atoms. The molecule has 0 spiro atoms. The van der Waals surface area contributed by atoms with E-state index in [0.29, 0.717) is 0 Å². The van der Waals surface area contributed by atoms with E-state index in [4.69, 9.17) is 0 Å². The number of rotatable bonds is 3. The first-order valence-electron chi connectivity index (χ1n) is 3.69. The van der Waals surface area contributed by atoms with Gasteiger partial charge in [-0.1, -0.05) is 6.08 Å². The van der Waals surface area contributed by atoms with Gasteiger partial charge in [0, 0.05) is 6.20 Å². The molecule has 0 aliphatic heterocycles. The molecule has 1 aromatic rings. The quantitative estimate of drug-likeness (QED) is 0.556. The number of allylic oxidation sites excluding steroid dienone is 1. The Kier molecular flexibility index (Phi) is 2.73. The Morgan fingerprint density at radius 2 is 2.21 bits per heavy atom. The van der Waals surface area contributed by atoms with Crippen molar-refractivity contribution in [3.8, 4) is 0 Å². The summed E-state index contributed by atoms with van der Waals surface area (Å²) < 4.78 is 37.7. The molecular weight excluding hydrogens is 197 g/mol. The topological polar surface area (TPSA) is 34.9 Å². The predicted octanol–water partition coefficient (Wildman–Crippen LogP) is 1.90. The second kappa shape index (κ2) is 3.65. The predicted molar refractivity (Wildman–Crippen MR) is 42.8 cm³/mol. The van der Waals surface area contributed by atoms with Crippen molar-refractivity contribution >= 4 is 6.29 Å². The third kappa shape index (κ3) is 2.01. The monoisotopic (exact) mass is 204 g/mol. The summed E-state index contributed by atoms with van der Waals surface area (Å²) in [6.07, 6.45) is -2.03. The van der Waals surface area contributed by atoms with Gasteiger partial charge in [-0.25, -0.2) is 0 Å². The second-order valence-electron chi connectivity index (χ2n) is 2.56. The van der Waals surface area contributed by atoms with Crippen molar-refractivity contribution in [2.75, 3.05) is 0 Å². The molecule has 76 valence electrons. The van der Waals surface area contributed by atoms with Gasteiger partial charge in [0.1, 0.15) is 0 Å². The third-order valence-corrected chi connectivity index (χ3v) is 1.50. The van der Waals surface area contributed by atoms with Gasteiger partial charge in [0.05, 0.1) is 12.1 Å². The molecule has 0 amide bonds. The van der Waals surface area contributed by atoms with Crippen molar-refractivity contribution in [2.24, 2.45) is 0 Å². The van der Waals surface area contributed by atoms with Crippen LogP contribution < -0.4 is 0 Å². The zero-order valence-electron chi connectivity index (χ0n) is 7.08. The Balaban J connectivity index is 3.14. The first kappa shape index (κ1) is 10.5. The zero-order valence-corrected chi connectivity index (χ0v) is 7.08. The number of nitrogens with zero attached hydrogens (tertiary/aromatic N) is 2. The van der Waals surface area contributed by atoms with Crippen LogP contribution in [0, 0.1) is 0 Å². The van der Waals surface area contributed by atoms with Gasteiger partial charge >= 0.3 is 6.18 Å². The fourth-order valence-corrected chi connectivity index (χ4v) is 0.969. The first-order valence-corrected chi connectivity index (χ1v) is 3.69. The number of alkyl halides is 3. The van der Waals surface area contributed by atoms with Crippen molar-refractivity contribution in [1.29, 1.82) is 0 Å². The number of carbonyl (C=O) groups excluding carboxylic acids is 1. The van der Waals surface area contributed by atoms with Crippen LogP contribution in [0.3, 0.4) is 0 Å². The van der Waals surface area contributed by atoms with Gasteiger partial charge in [-0.05, 0) is 0 Å². The van der Waals surface area contributed by atoms with Crippen LogP contribution in [0.2, 0.25) is 0 Å². The van der Waals surface area contributed by atoms with E-state index in [-0.39, 0.29) is 12.8 Å². The molecule has 0 fully saturated rings. The fourth-order valence-electron chi connectivity index (χ4n) is 0.969. The van der Waals surface area contributed by atoms with Gasteiger partial charge in [0.25, 0.3) is 0 Å². The van der Waals surface area contributed by atoms with Crippen molar-refractivity contribution in [2.45, 2.75) is 12.7 Å². The standard InChI is InChI=1S/C8H7F3N2O/c1-2-3-13-4-6(5-14)7(12-13)8(9,10)11/h2,4-5H,1,3H2. The van der Waals surface area contributed by atoms with Gasteiger partial charge in [0.15, 0.2) is 12.0 Å². The van der Waals surface area contributed by atoms with E-state index in [0.717, 1.165) is 10.9 Å². The number of hydrogen-bond donors (Lipinski definition) is 0. The Morgan fingerprint density at radius 1 is 1.57 bits per heavy atom. The normalized spacial score (nSPS) is 11.4. The van der Waals surface area contributed by atoms with Gasteiger partial charge in [-0.15, -0.1) is 6.58 Å². The Labute approximate surface area is 77.8 Å². The third-order valence-electron chi connectivity index (χ3n) is 1.50. The molecular formula is C8H7F3N2O. The number of hydrogen-bond acceptors (Lipinski definition) is 2. The highest BCUT2D eigenvalue weighted by atomic mass is 19.4. The minimum atomic E-state index is -4.59. The average molecular weight is 204 g/mol. The van der Waals surface area contributed by atoms with E-state index in [1.807, 2.05) is 0 Å². The van der Waals surface area contributed by atoms with E-state index in [1.165, 1.54) is 6.08 Å². The Morgan fingerprint density at radius 3 is 2.57 bits per heavy atom. The molecule has 0 N–H and O–H groups in total. The van der Waals surface area contributed by atoms with Crippen molar-refractivity contribution < 1.29 is 18.0 Å². The number of carbonyl (C=O) groups is 1. The summed E-state index contributed by atoms with van der Waals surface area (Å²) in [6.45, 7) is 3.49. The van der Waals surface area contributed by atoms with E-state index in [2.05, 4.69) is 11.7 Å². The second-order valence-corrected chi connectivity index (χ2v) is 2.56. The van der Waals surface area contributed by atoms with Crippen molar-refractivity contribution in [3.63, 3.8) is 0 Å². The molecule has 0 radical (unpaired) electrons. The van der Waals surface area contributed by atoms with Crippen LogP contribution >= 0.6 is 0 Å². The van der Waals surface area contributed by atoms with Crippen LogP contribution in [0.25, 0.3) is 0 Å². The minimum absolute atomic E-state index is 0.134. The van der Waals surface area contributed by atoms with Crippen LogP contribution in [0.4, 0.5) is 13.2 Å². The molecule has 0 aliphatic carbocycles. The van der Waals surface area contributed by atoms with Crippen molar-refractivity contribution in [3.05, 3.63) is 30.1 Å². The summed E-state index contributed by atoms with van der Waals surface area (Å²) in [5.74, 6) is 0. The molecule has 0 atom stereocenters. The van der Waals surface area contributed by atoms with Crippen LogP contribution in [0.1, 0.15) is 16.1 Å². The van der Waals surface area contributed by atoms with Crippen LogP contribution in [0.5, 0.6) is 0 Å². The lowest BCUT2D eigenvalue weighted by Crippen LogP contribution is -2.09.